The maximum Gasteiger partial charge on any atom is 0.419 e. The highest BCUT2D eigenvalue weighted by atomic mass is 19.4. The molecule has 0 heterocycles. The third kappa shape index (κ3) is 4.98. The van der Waals surface area contributed by atoms with E-state index in [9.17, 15) is 13.2 Å². The molecule has 0 atom stereocenters. The van der Waals surface area contributed by atoms with Gasteiger partial charge in [-0.2, -0.15) is 13.2 Å². The number of hydrogen-bond acceptors (Lipinski definition) is 2. The fraction of sp³-hybridized carbons (Fsp3) is 0.500. The van der Waals surface area contributed by atoms with Crippen molar-refractivity contribution in [3.63, 3.8) is 0 Å². The van der Waals surface area contributed by atoms with Gasteiger partial charge in [0, 0.05) is 19.0 Å². The molecule has 0 bridgehead atoms. The molecule has 0 unspecified atom stereocenters. The Labute approximate surface area is 122 Å². The first-order chi connectivity index (χ1) is 10.0. The van der Waals surface area contributed by atoms with Gasteiger partial charge in [0.05, 0.1) is 12.2 Å². The first kappa shape index (κ1) is 15.7. The van der Waals surface area contributed by atoms with E-state index in [2.05, 4.69) is 17.2 Å². The first-order valence-electron chi connectivity index (χ1n) is 6.96. The Bertz CT molecular complexity index is 539. The van der Waals surface area contributed by atoms with Crippen LogP contribution in [0.5, 0.6) is 5.75 Å². The molecule has 0 aliphatic heterocycles. The standard InChI is InChI=1S/C16H18F3NO/c1-2-3-4-9-21-15-8-5-12(11-20-13-6-7-13)10-14(15)16(17,18)19/h5,8,10,13,20H,4,6-7,9,11H2,1H3. The number of alkyl halides is 3. The van der Waals surface area contributed by atoms with Crippen LogP contribution in [0.2, 0.25) is 0 Å². The minimum absolute atomic E-state index is 0.129. The Morgan fingerprint density at radius 3 is 2.71 bits per heavy atom. The molecule has 114 valence electrons. The van der Waals surface area contributed by atoms with E-state index in [1.165, 1.54) is 6.07 Å². The topological polar surface area (TPSA) is 21.3 Å². The molecular formula is C16H18F3NO. The van der Waals surface area contributed by atoms with Crippen LogP contribution in [0.25, 0.3) is 0 Å². The van der Waals surface area contributed by atoms with Crippen molar-refractivity contribution in [1.82, 2.24) is 5.32 Å². The highest BCUT2D eigenvalue weighted by Gasteiger charge is 2.34. The molecule has 0 spiro atoms. The number of halogens is 3. The molecule has 5 heteroatoms. The van der Waals surface area contributed by atoms with Crippen LogP contribution in [0.15, 0.2) is 18.2 Å². The molecule has 0 radical (unpaired) electrons. The summed E-state index contributed by atoms with van der Waals surface area (Å²) in [5.74, 6) is 5.31. The van der Waals surface area contributed by atoms with Crippen molar-refractivity contribution in [2.45, 2.75) is 44.9 Å². The first-order valence-corrected chi connectivity index (χ1v) is 6.96. The number of benzene rings is 1. The van der Waals surface area contributed by atoms with E-state index in [0.29, 0.717) is 24.6 Å². The predicted molar refractivity (Wildman–Crippen MR) is 74.9 cm³/mol. The Balaban J connectivity index is 2.07. The van der Waals surface area contributed by atoms with Gasteiger partial charge in [0.25, 0.3) is 0 Å². The summed E-state index contributed by atoms with van der Waals surface area (Å²) < 4.78 is 44.5. The van der Waals surface area contributed by atoms with E-state index in [0.717, 1.165) is 18.9 Å². The van der Waals surface area contributed by atoms with Crippen LogP contribution in [0.3, 0.4) is 0 Å². The summed E-state index contributed by atoms with van der Waals surface area (Å²) in [6, 6.07) is 4.69. The molecule has 1 aromatic carbocycles. The highest BCUT2D eigenvalue weighted by Crippen LogP contribution is 2.37. The Kier molecular flexibility index (Phi) is 5.13. The van der Waals surface area contributed by atoms with Gasteiger partial charge >= 0.3 is 6.18 Å². The molecule has 0 aromatic heterocycles. The van der Waals surface area contributed by atoms with E-state index in [4.69, 9.17) is 4.74 Å². The maximum atomic E-state index is 13.1. The van der Waals surface area contributed by atoms with E-state index >= 15 is 0 Å². The molecule has 1 aliphatic carbocycles. The number of nitrogens with one attached hydrogen (secondary N) is 1. The monoisotopic (exact) mass is 297 g/mol. The van der Waals surface area contributed by atoms with Crippen LogP contribution >= 0.6 is 0 Å². The second kappa shape index (κ2) is 6.86. The van der Waals surface area contributed by atoms with Crippen molar-refractivity contribution in [3.8, 4) is 17.6 Å². The summed E-state index contributed by atoms with van der Waals surface area (Å²) in [5.41, 5.74) is -0.100. The molecule has 1 aromatic rings. The quantitative estimate of drug-likeness (QED) is 0.638. The van der Waals surface area contributed by atoms with Crippen LogP contribution in [0.4, 0.5) is 13.2 Å². The number of hydrogen-bond donors (Lipinski definition) is 1. The molecule has 1 saturated carbocycles. The van der Waals surface area contributed by atoms with Gasteiger partial charge in [-0.05, 0) is 37.5 Å². The molecule has 0 amide bonds. The minimum Gasteiger partial charge on any atom is -0.492 e. The smallest absolute Gasteiger partial charge is 0.419 e. The van der Waals surface area contributed by atoms with E-state index in [1.54, 1.807) is 13.0 Å². The molecule has 2 nitrogen and oxygen atoms in total. The lowest BCUT2D eigenvalue weighted by molar-refractivity contribution is -0.139. The lowest BCUT2D eigenvalue weighted by Crippen LogP contribution is -2.16. The molecule has 1 aliphatic rings. The normalized spacial score (nSPS) is 14.5. The fourth-order valence-electron chi connectivity index (χ4n) is 1.92. The molecule has 0 saturated heterocycles. The van der Waals surface area contributed by atoms with E-state index < -0.39 is 11.7 Å². The van der Waals surface area contributed by atoms with Crippen molar-refractivity contribution < 1.29 is 17.9 Å². The van der Waals surface area contributed by atoms with Crippen molar-refractivity contribution >= 4 is 0 Å². The Morgan fingerprint density at radius 2 is 2.10 bits per heavy atom. The summed E-state index contributed by atoms with van der Waals surface area (Å²) in [6.07, 6.45) is -1.79. The second-order valence-electron chi connectivity index (χ2n) is 5.01. The lowest BCUT2D eigenvalue weighted by atomic mass is 10.1. The van der Waals surface area contributed by atoms with Crippen LogP contribution in [-0.4, -0.2) is 12.6 Å². The summed E-state index contributed by atoms with van der Waals surface area (Å²) >= 11 is 0. The largest absolute Gasteiger partial charge is 0.492 e. The van der Waals surface area contributed by atoms with Gasteiger partial charge < -0.3 is 10.1 Å². The average Bonchev–Trinajstić information content (AvgIpc) is 3.25. The van der Waals surface area contributed by atoms with Crippen molar-refractivity contribution in [1.29, 1.82) is 0 Å². The molecule has 2 rings (SSSR count). The predicted octanol–water partition coefficient (Wildman–Crippen LogP) is 3.75. The van der Waals surface area contributed by atoms with Gasteiger partial charge in [-0.1, -0.05) is 6.07 Å². The zero-order valence-electron chi connectivity index (χ0n) is 11.9. The summed E-state index contributed by atoms with van der Waals surface area (Å²) in [7, 11) is 0. The van der Waals surface area contributed by atoms with Gasteiger partial charge in [-0.15, -0.1) is 11.8 Å². The highest BCUT2D eigenvalue weighted by molar-refractivity contribution is 5.39. The number of rotatable bonds is 6. The molecule has 1 N–H and O–H groups in total. The average molecular weight is 297 g/mol. The third-order valence-electron chi connectivity index (χ3n) is 3.18. The molecular weight excluding hydrogens is 279 g/mol. The van der Waals surface area contributed by atoms with E-state index in [-0.39, 0.29) is 12.4 Å². The van der Waals surface area contributed by atoms with Gasteiger partial charge in [-0.25, -0.2) is 0 Å². The summed E-state index contributed by atoms with van der Waals surface area (Å²) in [5, 5.41) is 3.20. The van der Waals surface area contributed by atoms with Gasteiger partial charge in [0.15, 0.2) is 0 Å². The van der Waals surface area contributed by atoms with Crippen molar-refractivity contribution in [3.05, 3.63) is 29.3 Å². The van der Waals surface area contributed by atoms with Gasteiger partial charge in [0.1, 0.15) is 5.75 Å². The third-order valence-corrected chi connectivity index (χ3v) is 3.18. The van der Waals surface area contributed by atoms with E-state index in [1.807, 2.05) is 0 Å². The minimum atomic E-state index is -4.42. The van der Waals surface area contributed by atoms with Crippen LogP contribution in [0.1, 0.15) is 37.3 Å². The van der Waals surface area contributed by atoms with Crippen LogP contribution in [0, 0.1) is 11.8 Å². The van der Waals surface area contributed by atoms with Crippen molar-refractivity contribution in [2.24, 2.45) is 0 Å². The van der Waals surface area contributed by atoms with Crippen molar-refractivity contribution in [2.75, 3.05) is 6.61 Å². The van der Waals surface area contributed by atoms with Crippen LogP contribution < -0.4 is 10.1 Å². The fourth-order valence-corrected chi connectivity index (χ4v) is 1.92. The summed E-state index contributed by atoms with van der Waals surface area (Å²) in [4.78, 5) is 0. The lowest BCUT2D eigenvalue weighted by Gasteiger charge is -2.15. The van der Waals surface area contributed by atoms with Crippen LogP contribution in [-0.2, 0) is 12.7 Å². The molecule has 1 fully saturated rings. The van der Waals surface area contributed by atoms with Gasteiger partial charge in [-0.3, -0.25) is 0 Å². The Hall–Kier alpha value is -1.67. The number of ether oxygens (including phenoxy) is 1. The van der Waals surface area contributed by atoms with Gasteiger partial charge in [0.2, 0.25) is 0 Å². The Morgan fingerprint density at radius 1 is 1.33 bits per heavy atom. The second-order valence-corrected chi connectivity index (χ2v) is 5.01. The maximum absolute atomic E-state index is 13.1. The zero-order valence-corrected chi connectivity index (χ0v) is 11.9. The SMILES string of the molecule is CC#CCCOc1ccc(CNC2CC2)cc1C(F)(F)F. The molecule has 21 heavy (non-hydrogen) atoms. The zero-order chi connectivity index (χ0) is 15.3. The summed E-state index contributed by atoms with van der Waals surface area (Å²) in [6.45, 7) is 2.29.